The Kier molecular flexibility index (Phi) is 8.53. The Morgan fingerprint density at radius 1 is 0.745 bits per heavy atom. The standard InChI is InChI=1S/C36H36O15/c1-14-10-22(42)27-31(46)26-24(50-35(27,12-37)33(14)48-17(4)39)9-7-19(29(26)44)20-6-8-21(41)25-30(45)28-23(43)11-15(2)34(49-18(5)40)36(28,51-32(20)25)13-47-16(3)38/h6-9,14-15,33-34,37,41,44-46H,10-13H2,1-5H3/t14-,15-,33-,34-,35+,36+/m1/s1. The highest BCUT2D eigenvalue weighted by molar-refractivity contribution is 6.08. The first-order chi connectivity index (χ1) is 24.0. The Labute approximate surface area is 290 Å². The summed E-state index contributed by atoms with van der Waals surface area (Å²) in [5, 5.41) is 56.7. The van der Waals surface area contributed by atoms with Gasteiger partial charge in [-0.15, -0.1) is 0 Å². The van der Waals surface area contributed by atoms with Crippen LogP contribution in [0.2, 0.25) is 0 Å². The molecular formula is C36H36O15. The first-order valence-electron chi connectivity index (χ1n) is 16.1. The molecule has 0 bridgehead atoms. The number of hydrogen-bond acceptors (Lipinski definition) is 15. The largest absolute Gasteiger partial charge is 0.507 e. The number of hydrogen-bond donors (Lipinski definition) is 5. The average molecular weight is 709 g/mol. The van der Waals surface area contributed by atoms with Crippen LogP contribution in [0.3, 0.4) is 0 Å². The summed E-state index contributed by atoms with van der Waals surface area (Å²) >= 11 is 0. The number of esters is 3. The zero-order valence-electron chi connectivity index (χ0n) is 28.3. The van der Waals surface area contributed by atoms with Crippen LogP contribution in [0.5, 0.6) is 23.0 Å². The molecule has 2 fully saturated rings. The van der Waals surface area contributed by atoms with E-state index in [2.05, 4.69) is 0 Å². The SMILES string of the molecule is CC(=O)OC[C@]12Oc3c(-c4ccc5c(c4O)C(O)=C4C(=O)C[C@@H](C)[C@@H](OC(C)=O)[C@@]4(CO)O5)ccc(O)c3C(O)=C1C(=O)C[C@@H](C)[C@H]2OC(C)=O. The number of ketones is 2. The van der Waals surface area contributed by atoms with Gasteiger partial charge in [-0.2, -0.15) is 0 Å². The minimum absolute atomic E-state index is 0.0265. The van der Waals surface area contributed by atoms with E-state index >= 15 is 0 Å². The van der Waals surface area contributed by atoms with Crippen molar-refractivity contribution < 1.29 is 73.2 Å². The van der Waals surface area contributed by atoms with E-state index in [0.717, 1.165) is 26.8 Å². The lowest BCUT2D eigenvalue weighted by atomic mass is 9.69. The van der Waals surface area contributed by atoms with Crippen molar-refractivity contribution in [1.29, 1.82) is 0 Å². The maximum atomic E-state index is 13.5. The van der Waals surface area contributed by atoms with Crippen molar-refractivity contribution >= 4 is 41.0 Å². The molecule has 0 spiro atoms. The van der Waals surface area contributed by atoms with Crippen LogP contribution in [-0.2, 0) is 38.2 Å². The molecule has 0 unspecified atom stereocenters. The van der Waals surface area contributed by atoms with Gasteiger partial charge in [0.15, 0.2) is 23.8 Å². The van der Waals surface area contributed by atoms with Crippen molar-refractivity contribution in [3.8, 4) is 34.1 Å². The zero-order valence-corrected chi connectivity index (χ0v) is 28.3. The molecule has 0 radical (unpaired) electrons. The van der Waals surface area contributed by atoms with Crippen LogP contribution in [0.25, 0.3) is 22.6 Å². The minimum atomic E-state index is -2.11. The molecule has 2 saturated carbocycles. The van der Waals surface area contributed by atoms with Crippen LogP contribution < -0.4 is 9.47 Å². The van der Waals surface area contributed by atoms with Gasteiger partial charge in [-0.3, -0.25) is 24.0 Å². The molecule has 4 aliphatic rings. The Morgan fingerprint density at radius 3 is 1.82 bits per heavy atom. The molecule has 2 aromatic carbocycles. The fourth-order valence-electron chi connectivity index (χ4n) is 7.79. The Balaban J connectivity index is 1.58. The number of carbonyl (C=O) groups is 5. The van der Waals surface area contributed by atoms with Crippen molar-refractivity contribution in [2.75, 3.05) is 13.2 Å². The molecule has 15 heteroatoms. The maximum Gasteiger partial charge on any atom is 0.303 e. The first-order valence-corrected chi connectivity index (χ1v) is 16.1. The molecule has 0 aromatic heterocycles. The van der Waals surface area contributed by atoms with E-state index in [-0.39, 0.29) is 46.6 Å². The van der Waals surface area contributed by atoms with Crippen LogP contribution >= 0.6 is 0 Å². The smallest absolute Gasteiger partial charge is 0.303 e. The van der Waals surface area contributed by atoms with Gasteiger partial charge in [0, 0.05) is 56.6 Å². The predicted octanol–water partition coefficient (Wildman–Crippen LogP) is 3.20. The number of fused-ring (bicyclic) bond motifs is 4. The molecule has 5 N–H and O–H groups in total. The molecule has 2 aliphatic heterocycles. The number of benzene rings is 2. The highest BCUT2D eigenvalue weighted by Gasteiger charge is 2.61. The van der Waals surface area contributed by atoms with E-state index in [0.29, 0.717) is 0 Å². The summed E-state index contributed by atoms with van der Waals surface area (Å²) in [4.78, 5) is 63.3. The number of rotatable bonds is 6. The monoisotopic (exact) mass is 708 g/mol. The van der Waals surface area contributed by atoms with E-state index in [9.17, 15) is 49.5 Å². The van der Waals surface area contributed by atoms with E-state index in [4.69, 9.17) is 23.7 Å². The Bertz CT molecular complexity index is 1970. The Morgan fingerprint density at radius 2 is 1.27 bits per heavy atom. The molecule has 6 rings (SSSR count). The number of aromatic hydroxyl groups is 2. The van der Waals surface area contributed by atoms with Crippen LogP contribution in [0, 0.1) is 11.8 Å². The van der Waals surface area contributed by atoms with E-state index in [1.807, 2.05) is 0 Å². The molecule has 0 amide bonds. The lowest BCUT2D eigenvalue weighted by Gasteiger charge is -2.48. The lowest BCUT2D eigenvalue weighted by Crippen LogP contribution is -2.63. The van der Waals surface area contributed by atoms with E-state index in [1.54, 1.807) is 13.8 Å². The molecule has 270 valence electrons. The van der Waals surface area contributed by atoms with Crippen LogP contribution in [0.4, 0.5) is 0 Å². The van der Waals surface area contributed by atoms with Crippen LogP contribution in [0.1, 0.15) is 58.6 Å². The molecule has 6 atom stereocenters. The van der Waals surface area contributed by atoms with E-state index < -0.39 is 112 Å². The maximum absolute atomic E-state index is 13.5. The van der Waals surface area contributed by atoms with Gasteiger partial charge in [0.1, 0.15) is 52.3 Å². The van der Waals surface area contributed by atoms with Crippen LogP contribution in [-0.4, -0.2) is 91.6 Å². The third kappa shape index (κ3) is 5.25. The van der Waals surface area contributed by atoms with Crippen molar-refractivity contribution in [3.63, 3.8) is 0 Å². The minimum Gasteiger partial charge on any atom is -0.507 e. The number of aliphatic hydroxyl groups is 3. The first kappa shape index (κ1) is 35.3. The summed E-state index contributed by atoms with van der Waals surface area (Å²) in [5.74, 6) is -8.00. The van der Waals surface area contributed by atoms with Crippen molar-refractivity contribution in [3.05, 3.63) is 46.5 Å². The number of Topliss-reactive ketones (excluding diaryl/α,β-unsaturated/α-hetero) is 2. The summed E-state index contributed by atoms with van der Waals surface area (Å²) in [6.07, 6.45) is -2.85. The quantitative estimate of drug-likeness (QED) is 0.214. The summed E-state index contributed by atoms with van der Waals surface area (Å²) in [6, 6.07) is 5.11. The molecule has 15 nitrogen and oxygen atoms in total. The summed E-state index contributed by atoms with van der Waals surface area (Å²) in [6.45, 7) is 5.04. The number of carbonyl (C=O) groups excluding carboxylic acids is 5. The van der Waals surface area contributed by atoms with Gasteiger partial charge >= 0.3 is 17.9 Å². The van der Waals surface area contributed by atoms with Gasteiger partial charge in [-0.25, -0.2) is 0 Å². The highest BCUT2D eigenvalue weighted by Crippen LogP contribution is 2.57. The average Bonchev–Trinajstić information content (AvgIpc) is 3.03. The normalized spacial score (nSPS) is 28.0. The molecule has 51 heavy (non-hydrogen) atoms. The summed E-state index contributed by atoms with van der Waals surface area (Å²) in [5.41, 5.74) is -5.76. The predicted molar refractivity (Wildman–Crippen MR) is 173 cm³/mol. The molecule has 2 aromatic rings. The zero-order chi connectivity index (χ0) is 37.3. The van der Waals surface area contributed by atoms with Gasteiger partial charge in [0.25, 0.3) is 0 Å². The third-order valence-corrected chi connectivity index (χ3v) is 9.77. The molecular weight excluding hydrogens is 672 g/mol. The highest BCUT2D eigenvalue weighted by atomic mass is 16.6. The number of ether oxygens (including phenoxy) is 5. The van der Waals surface area contributed by atoms with Crippen molar-refractivity contribution in [1.82, 2.24) is 0 Å². The fourth-order valence-corrected chi connectivity index (χ4v) is 7.79. The lowest BCUT2D eigenvalue weighted by molar-refractivity contribution is -0.177. The Hall–Kier alpha value is -5.57. The van der Waals surface area contributed by atoms with Crippen molar-refractivity contribution in [2.24, 2.45) is 11.8 Å². The second-order valence-corrected chi connectivity index (χ2v) is 13.3. The molecule has 0 saturated heterocycles. The van der Waals surface area contributed by atoms with Gasteiger partial charge in [0.2, 0.25) is 11.2 Å². The molecule has 2 heterocycles. The van der Waals surface area contributed by atoms with Gasteiger partial charge in [-0.1, -0.05) is 13.8 Å². The number of phenols is 2. The van der Waals surface area contributed by atoms with Crippen molar-refractivity contribution in [2.45, 2.75) is 70.9 Å². The second kappa shape index (κ2) is 12.3. The van der Waals surface area contributed by atoms with E-state index in [1.165, 1.54) is 18.2 Å². The summed E-state index contributed by atoms with van der Waals surface area (Å²) < 4.78 is 29.1. The number of phenolic OH excluding ortho intramolecular Hbond substituents is 2. The third-order valence-electron chi connectivity index (χ3n) is 9.77. The molecule has 2 aliphatic carbocycles. The number of aliphatic hydroxyl groups excluding tert-OH is 3. The topological polar surface area (TPSA) is 233 Å². The van der Waals surface area contributed by atoms with Gasteiger partial charge < -0.3 is 49.2 Å². The fraction of sp³-hybridized carbons (Fsp3) is 0.417. The van der Waals surface area contributed by atoms with Crippen LogP contribution in [0.15, 0.2) is 35.4 Å². The summed E-state index contributed by atoms with van der Waals surface area (Å²) in [7, 11) is 0. The second-order valence-electron chi connectivity index (χ2n) is 13.3. The van der Waals surface area contributed by atoms with Gasteiger partial charge in [-0.05, 0) is 24.3 Å². The van der Waals surface area contributed by atoms with Gasteiger partial charge in [0.05, 0.1) is 17.8 Å².